The lowest BCUT2D eigenvalue weighted by atomic mass is 10.3. The van der Waals surface area contributed by atoms with Crippen molar-refractivity contribution in [3.63, 3.8) is 0 Å². The van der Waals surface area contributed by atoms with E-state index in [0.717, 1.165) is 12.8 Å². The van der Waals surface area contributed by atoms with Crippen molar-refractivity contribution in [1.29, 1.82) is 0 Å². The second-order valence-corrected chi connectivity index (χ2v) is 7.13. The van der Waals surface area contributed by atoms with Crippen molar-refractivity contribution in [3.05, 3.63) is 18.3 Å². The van der Waals surface area contributed by atoms with E-state index in [0.29, 0.717) is 23.2 Å². The summed E-state index contributed by atoms with van der Waals surface area (Å²) in [6, 6.07) is 3.10. The molecule has 0 saturated heterocycles. The average Bonchev–Trinajstić information content (AvgIpc) is 3.19. The maximum absolute atomic E-state index is 12.7. The molecule has 0 amide bonds. The number of sulfonamides is 1. The summed E-state index contributed by atoms with van der Waals surface area (Å²) in [7, 11) is -1.71. The van der Waals surface area contributed by atoms with Gasteiger partial charge in [-0.3, -0.25) is 0 Å². The molecule has 0 aliphatic heterocycles. The predicted octanol–water partition coefficient (Wildman–Crippen LogP) is 1.93. The molecule has 2 rings (SSSR count). The van der Waals surface area contributed by atoms with E-state index in [9.17, 15) is 8.42 Å². The summed E-state index contributed by atoms with van der Waals surface area (Å²) in [6.45, 7) is 4.46. The standard InChI is InChI=1S/C13H21N3O2S/c1-10(2)16(9-11-4-5-11)19(17,18)12-6-7-15-13(8-12)14-3/h6-8,10-11H,4-5,9H2,1-3H3,(H,14,15). The molecule has 0 bridgehead atoms. The van der Waals surface area contributed by atoms with Gasteiger partial charge in [0.25, 0.3) is 0 Å². The molecular weight excluding hydrogens is 262 g/mol. The Morgan fingerprint density at radius 2 is 2.16 bits per heavy atom. The highest BCUT2D eigenvalue weighted by molar-refractivity contribution is 7.89. The van der Waals surface area contributed by atoms with Gasteiger partial charge in [0, 0.05) is 31.9 Å². The van der Waals surface area contributed by atoms with Crippen LogP contribution >= 0.6 is 0 Å². The van der Waals surface area contributed by atoms with Crippen LogP contribution in [0.4, 0.5) is 5.82 Å². The highest BCUT2D eigenvalue weighted by atomic mass is 32.2. The SMILES string of the molecule is CNc1cc(S(=O)(=O)N(CC2CC2)C(C)C)ccn1. The zero-order valence-electron chi connectivity index (χ0n) is 11.6. The first-order valence-electron chi connectivity index (χ1n) is 6.61. The molecule has 0 atom stereocenters. The first kappa shape index (κ1) is 14.3. The first-order chi connectivity index (χ1) is 8.95. The summed E-state index contributed by atoms with van der Waals surface area (Å²) in [5, 5.41) is 2.87. The Morgan fingerprint density at radius 3 is 2.68 bits per heavy atom. The molecule has 5 nitrogen and oxygen atoms in total. The van der Waals surface area contributed by atoms with Crippen LogP contribution in [0, 0.1) is 5.92 Å². The second-order valence-electron chi connectivity index (χ2n) is 5.24. The summed E-state index contributed by atoms with van der Waals surface area (Å²) in [5.41, 5.74) is 0. The lowest BCUT2D eigenvalue weighted by Crippen LogP contribution is -2.38. The van der Waals surface area contributed by atoms with Crippen LogP contribution in [-0.4, -0.2) is 37.3 Å². The lowest BCUT2D eigenvalue weighted by Gasteiger charge is -2.26. The third kappa shape index (κ3) is 3.25. The maximum Gasteiger partial charge on any atom is 0.243 e. The number of hydrogen-bond donors (Lipinski definition) is 1. The number of hydrogen-bond acceptors (Lipinski definition) is 4. The molecule has 1 aliphatic rings. The number of aromatic nitrogens is 1. The van der Waals surface area contributed by atoms with E-state index in [1.54, 1.807) is 23.5 Å². The van der Waals surface area contributed by atoms with Gasteiger partial charge in [-0.1, -0.05) is 0 Å². The van der Waals surface area contributed by atoms with Crippen molar-refractivity contribution in [2.45, 2.75) is 37.6 Å². The van der Waals surface area contributed by atoms with Crippen LogP contribution in [0.5, 0.6) is 0 Å². The van der Waals surface area contributed by atoms with Gasteiger partial charge in [-0.25, -0.2) is 13.4 Å². The molecule has 0 unspecified atom stereocenters. The smallest absolute Gasteiger partial charge is 0.243 e. The highest BCUT2D eigenvalue weighted by Gasteiger charge is 2.33. The van der Waals surface area contributed by atoms with Crippen LogP contribution in [0.15, 0.2) is 23.2 Å². The van der Waals surface area contributed by atoms with Crippen molar-refractivity contribution in [3.8, 4) is 0 Å². The molecule has 0 radical (unpaired) electrons. The second kappa shape index (κ2) is 5.46. The molecule has 0 spiro atoms. The van der Waals surface area contributed by atoms with Crippen molar-refractivity contribution >= 4 is 15.8 Å². The Bertz CT molecular complexity index is 539. The number of pyridine rings is 1. The molecule has 1 fully saturated rings. The van der Waals surface area contributed by atoms with Gasteiger partial charge in [0.1, 0.15) is 5.82 Å². The fourth-order valence-corrected chi connectivity index (χ4v) is 3.71. The van der Waals surface area contributed by atoms with Gasteiger partial charge in [-0.2, -0.15) is 4.31 Å². The summed E-state index contributed by atoms with van der Waals surface area (Å²) in [6.07, 6.45) is 3.79. The molecule has 1 aromatic heterocycles. The maximum atomic E-state index is 12.7. The van der Waals surface area contributed by atoms with Crippen LogP contribution < -0.4 is 5.32 Å². The average molecular weight is 283 g/mol. The molecular formula is C13H21N3O2S. The van der Waals surface area contributed by atoms with E-state index in [1.165, 1.54) is 6.20 Å². The Morgan fingerprint density at radius 1 is 1.47 bits per heavy atom. The van der Waals surface area contributed by atoms with E-state index in [4.69, 9.17) is 0 Å². The predicted molar refractivity (Wildman–Crippen MR) is 75.5 cm³/mol. The van der Waals surface area contributed by atoms with E-state index in [2.05, 4.69) is 10.3 Å². The monoisotopic (exact) mass is 283 g/mol. The van der Waals surface area contributed by atoms with Gasteiger partial charge in [0.2, 0.25) is 10.0 Å². The van der Waals surface area contributed by atoms with Gasteiger partial charge in [-0.15, -0.1) is 0 Å². The normalized spacial score (nSPS) is 16.1. The van der Waals surface area contributed by atoms with Crippen molar-refractivity contribution in [2.24, 2.45) is 5.92 Å². The molecule has 1 aromatic rings. The summed E-state index contributed by atoms with van der Waals surface area (Å²) >= 11 is 0. The minimum atomic E-state index is -3.43. The first-order valence-corrected chi connectivity index (χ1v) is 8.05. The quantitative estimate of drug-likeness (QED) is 0.866. The zero-order chi connectivity index (χ0) is 14.0. The minimum Gasteiger partial charge on any atom is -0.373 e. The molecule has 1 N–H and O–H groups in total. The number of rotatable bonds is 6. The Labute approximate surface area is 115 Å². The fourth-order valence-electron chi connectivity index (χ4n) is 1.99. The van der Waals surface area contributed by atoms with E-state index >= 15 is 0 Å². The van der Waals surface area contributed by atoms with E-state index in [-0.39, 0.29) is 6.04 Å². The molecule has 1 saturated carbocycles. The topological polar surface area (TPSA) is 62.3 Å². The van der Waals surface area contributed by atoms with Crippen molar-refractivity contribution in [2.75, 3.05) is 18.9 Å². The Balaban J connectivity index is 2.31. The van der Waals surface area contributed by atoms with Crippen LogP contribution in [0.1, 0.15) is 26.7 Å². The van der Waals surface area contributed by atoms with E-state index < -0.39 is 10.0 Å². The molecule has 6 heteroatoms. The third-order valence-electron chi connectivity index (χ3n) is 3.31. The molecule has 1 heterocycles. The largest absolute Gasteiger partial charge is 0.373 e. The van der Waals surface area contributed by atoms with Gasteiger partial charge in [0.05, 0.1) is 4.90 Å². The summed E-state index contributed by atoms with van der Waals surface area (Å²) < 4.78 is 26.9. The lowest BCUT2D eigenvalue weighted by molar-refractivity contribution is 0.341. The van der Waals surface area contributed by atoms with Crippen molar-refractivity contribution in [1.82, 2.24) is 9.29 Å². The summed E-state index contributed by atoms with van der Waals surface area (Å²) in [5.74, 6) is 1.10. The van der Waals surface area contributed by atoms with Gasteiger partial charge >= 0.3 is 0 Å². The number of anilines is 1. The fraction of sp³-hybridized carbons (Fsp3) is 0.615. The number of nitrogens with zero attached hydrogens (tertiary/aromatic N) is 2. The molecule has 0 aromatic carbocycles. The van der Waals surface area contributed by atoms with Crippen LogP contribution in [0.2, 0.25) is 0 Å². The van der Waals surface area contributed by atoms with E-state index in [1.807, 2.05) is 13.8 Å². The Kier molecular flexibility index (Phi) is 4.10. The van der Waals surface area contributed by atoms with Gasteiger partial charge in [-0.05, 0) is 38.7 Å². The van der Waals surface area contributed by atoms with Crippen molar-refractivity contribution < 1.29 is 8.42 Å². The Hall–Kier alpha value is -1.14. The van der Waals surface area contributed by atoms with Gasteiger partial charge < -0.3 is 5.32 Å². The zero-order valence-corrected chi connectivity index (χ0v) is 12.4. The van der Waals surface area contributed by atoms with Crippen LogP contribution in [0.3, 0.4) is 0 Å². The number of nitrogens with one attached hydrogen (secondary N) is 1. The molecule has 1 aliphatic carbocycles. The minimum absolute atomic E-state index is 0.0307. The van der Waals surface area contributed by atoms with Crippen LogP contribution in [-0.2, 0) is 10.0 Å². The summed E-state index contributed by atoms with van der Waals surface area (Å²) in [4.78, 5) is 4.36. The van der Waals surface area contributed by atoms with Crippen LogP contribution in [0.25, 0.3) is 0 Å². The highest BCUT2D eigenvalue weighted by Crippen LogP contribution is 2.32. The van der Waals surface area contributed by atoms with Gasteiger partial charge in [0.15, 0.2) is 0 Å². The molecule has 106 valence electrons. The molecule has 19 heavy (non-hydrogen) atoms. The third-order valence-corrected chi connectivity index (χ3v) is 5.34.